The van der Waals surface area contributed by atoms with Gasteiger partial charge >= 0.3 is 0 Å². The second-order valence-electron chi connectivity index (χ2n) is 9.76. The fourth-order valence-electron chi connectivity index (χ4n) is 5.68. The maximum atomic E-state index is 9.50. The number of anilines is 2. The first-order valence-electron chi connectivity index (χ1n) is 12.4. The van der Waals surface area contributed by atoms with Crippen LogP contribution >= 0.6 is 0 Å². The molecule has 1 aromatic carbocycles. The summed E-state index contributed by atoms with van der Waals surface area (Å²) in [5.74, 6) is 0.974. The number of fused-ring (bicyclic) bond motifs is 2. The fourth-order valence-corrected chi connectivity index (χ4v) is 5.68. The number of ether oxygens (including phenoxy) is 1. The van der Waals surface area contributed by atoms with Gasteiger partial charge in [-0.3, -0.25) is 9.88 Å². The molecule has 0 amide bonds. The molecule has 1 unspecified atom stereocenters. The van der Waals surface area contributed by atoms with Gasteiger partial charge in [0.2, 0.25) is 0 Å². The molecule has 0 bridgehead atoms. The highest BCUT2D eigenvalue weighted by Crippen LogP contribution is 2.31. The molecular weight excluding hydrogens is 440 g/mol. The number of nitrogens with zero attached hydrogens (tertiary/aromatic N) is 6. The van der Waals surface area contributed by atoms with Crippen molar-refractivity contribution in [3.63, 3.8) is 0 Å². The maximum Gasteiger partial charge on any atom is 0.134 e. The van der Waals surface area contributed by atoms with Gasteiger partial charge in [0.05, 0.1) is 29.0 Å². The molecule has 35 heavy (non-hydrogen) atoms. The van der Waals surface area contributed by atoms with Gasteiger partial charge in [0.25, 0.3) is 0 Å². The lowest BCUT2D eigenvalue weighted by Gasteiger charge is -2.40. The number of benzene rings is 1. The van der Waals surface area contributed by atoms with Crippen LogP contribution in [0.4, 0.5) is 11.5 Å². The third-order valence-corrected chi connectivity index (χ3v) is 7.24. The van der Waals surface area contributed by atoms with Crippen LogP contribution < -0.4 is 15.5 Å². The standard InChI is InChI=1S/C26H30N8O/c1-17-12-34(24-5-4-18(9-27)25-21(24)3-2-7-29-25)15-20(35-17)14-33-8-6-19(13-33)32-26-22-10-28-11-23(22)30-16-31-26/h2-5,7,16-17,19-20,28H,6,8,10-15H2,1H3,(H,30,31,32)/t17-,19?,20+/m1/s1. The van der Waals surface area contributed by atoms with Gasteiger partial charge < -0.3 is 20.3 Å². The van der Waals surface area contributed by atoms with Crippen molar-refractivity contribution in [2.24, 2.45) is 0 Å². The molecule has 0 saturated carbocycles. The number of morpholine rings is 1. The van der Waals surface area contributed by atoms with Crippen LogP contribution in [0.1, 0.15) is 30.2 Å². The molecule has 180 valence electrons. The first-order valence-corrected chi connectivity index (χ1v) is 12.4. The predicted molar refractivity (Wildman–Crippen MR) is 134 cm³/mol. The van der Waals surface area contributed by atoms with E-state index in [1.54, 1.807) is 12.5 Å². The Morgan fingerprint density at radius 2 is 2.11 bits per heavy atom. The van der Waals surface area contributed by atoms with Crippen LogP contribution in [0.15, 0.2) is 36.8 Å². The monoisotopic (exact) mass is 470 g/mol. The highest BCUT2D eigenvalue weighted by molar-refractivity contribution is 5.95. The molecule has 9 heteroatoms. The number of rotatable bonds is 5. The van der Waals surface area contributed by atoms with Crippen molar-refractivity contribution < 1.29 is 4.74 Å². The minimum atomic E-state index is 0.118. The summed E-state index contributed by atoms with van der Waals surface area (Å²) in [7, 11) is 0. The van der Waals surface area contributed by atoms with Crippen LogP contribution in [-0.4, -0.2) is 70.8 Å². The van der Waals surface area contributed by atoms with Crippen LogP contribution in [0.5, 0.6) is 0 Å². The summed E-state index contributed by atoms with van der Waals surface area (Å²) < 4.78 is 6.37. The van der Waals surface area contributed by atoms with E-state index in [1.807, 2.05) is 12.1 Å². The molecule has 0 aliphatic carbocycles. The summed E-state index contributed by atoms with van der Waals surface area (Å²) in [6.07, 6.45) is 4.75. The van der Waals surface area contributed by atoms with E-state index in [0.29, 0.717) is 11.6 Å². The van der Waals surface area contributed by atoms with Crippen LogP contribution in [0.25, 0.3) is 10.9 Å². The third kappa shape index (κ3) is 4.41. The van der Waals surface area contributed by atoms with E-state index >= 15 is 0 Å². The normalized spacial score (nSPS) is 24.5. The van der Waals surface area contributed by atoms with E-state index in [-0.39, 0.29) is 12.2 Å². The Balaban J connectivity index is 1.13. The second kappa shape index (κ2) is 9.38. The van der Waals surface area contributed by atoms with Gasteiger partial charge in [-0.1, -0.05) is 0 Å². The number of aromatic nitrogens is 3. The van der Waals surface area contributed by atoms with Crippen LogP contribution in [-0.2, 0) is 17.8 Å². The molecule has 2 saturated heterocycles. The van der Waals surface area contributed by atoms with Crippen LogP contribution in [0, 0.1) is 11.3 Å². The number of hydrogen-bond donors (Lipinski definition) is 2. The number of nitrogens with one attached hydrogen (secondary N) is 2. The fraction of sp³-hybridized carbons (Fsp3) is 0.462. The molecule has 2 fully saturated rings. The largest absolute Gasteiger partial charge is 0.370 e. The lowest BCUT2D eigenvalue weighted by atomic mass is 10.1. The number of pyridine rings is 1. The zero-order valence-electron chi connectivity index (χ0n) is 19.9. The zero-order chi connectivity index (χ0) is 23.8. The van der Waals surface area contributed by atoms with Gasteiger partial charge in [-0.2, -0.15) is 5.26 Å². The Morgan fingerprint density at radius 1 is 1.17 bits per heavy atom. The lowest BCUT2D eigenvalue weighted by Crippen LogP contribution is -2.50. The van der Waals surface area contributed by atoms with Crippen molar-refractivity contribution >= 4 is 22.4 Å². The number of likely N-dealkylation sites (tertiary alicyclic amines) is 1. The lowest BCUT2D eigenvalue weighted by molar-refractivity contribution is -0.0294. The smallest absolute Gasteiger partial charge is 0.134 e. The van der Waals surface area contributed by atoms with Gasteiger partial charge in [0, 0.05) is 74.7 Å². The summed E-state index contributed by atoms with van der Waals surface area (Å²) in [6.45, 7) is 8.35. The van der Waals surface area contributed by atoms with Crippen molar-refractivity contribution in [3.05, 3.63) is 53.6 Å². The molecule has 9 nitrogen and oxygen atoms in total. The topological polar surface area (TPSA) is 102 Å². The van der Waals surface area contributed by atoms with E-state index < -0.39 is 0 Å². The predicted octanol–water partition coefficient (Wildman–Crippen LogP) is 2.28. The highest BCUT2D eigenvalue weighted by Gasteiger charge is 2.31. The van der Waals surface area contributed by atoms with Gasteiger partial charge in [-0.05, 0) is 37.6 Å². The van der Waals surface area contributed by atoms with Gasteiger partial charge in [-0.15, -0.1) is 0 Å². The molecule has 3 atom stereocenters. The Labute approximate surface area is 205 Å². The average molecular weight is 471 g/mol. The summed E-state index contributed by atoms with van der Waals surface area (Å²) >= 11 is 0. The van der Waals surface area contributed by atoms with Crippen molar-refractivity contribution in [3.8, 4) is 6.07 Å². The van der Waals surface area contributed by atoms with E-state index in [9.17, 15) is 5.26 Å². The number of nitriles is 1. The molecular formula is C26H30N8O. The Morgan fingerprint density at radius 3 is 3.03 bits per heavy atom. The molecule has 6 rings (SSSR count). The van der Waals surface area contributed by atoms with Crippen LogP contribution in [0.2, 0.25) is 0 Å². The Hall–Kier alpha value is -3.32. The molecule has 5 heterocycles. The van der Waals surface area contributed by atoms with E-state index in [0.717, 1.165) is 80.3 Å². The Bertz CT molecular complexity index is 1270. The minimum absolute atomic E-state index is 0.118. The third-order valence-electron chi connectivity index (χ3n) is 7.24. The van der Waals surface area contributed by atoms with Crippen molar-refractivity contribution in [2.75, 3.05) is 42.9 Å². The SMILES string of the molecule is C[C@@H]1CN(c2ccc(C#N)c3ncccc23)C[C@H](CN2CCC(Nc3ncnc4c3CNC4)C2)O1. The quantitative estimate of drug-likeness (QED) is 0.581. The summed E-state index contributed by atoms with van der Waals surface area (Å²) in [6, 6.07) is 10.6. The van der Waals surface area contributed by atoms with E-state index in [4.69, 9.17) is 4.74 Å². The van der Waals surface area contributed by atoms with Crippen molar-refractivity contribution in [1.29, 1.82) is 5.26 Å². The summed E-state index contributed by atoms with van der Waals surface area (Å²) in [4.78, 5) is 18.3. The highest BCUT2D eigenvalue weighted by atomic mass is 16.5. The van der Waals surface area contributed by atoms with Gasteiger partial charge in [0.15, 0.2) is 0 Å². The van der Waals surface area contributed by atoms with Gasteiger partial charge in [-0.25, -0.2) is 9.97 Å². The second-order valence-corrected chi connectivity index (χ2v) is 9.76. The van der Waals surface area contributed by atoms with Crippen molar-refractivity contribution in [1.82, 2.24) is 25.2 Å². The molecule has 0 spiro atoms. The average Bonchev–Trinajstić information content (AvgIpc) is 3.53. The molecule has 2 aromatic heterocycles. The number of hydrogen-bond acceptors (Lipinski definition) is 9. The van der Waals surface area contributed by atoms with E-state index in [1.165, 1.54) is 5.56 Å². The molecule has 3 aromatic rings. The van der Waals surface area contributed by atoms with Crippen molar-refractivity contribution in [2.45, 2.75) is 44.7 Å². The summed E-state index contributed by atoms with van der Waals surface area (Å²) in [5.41, 5.74) is 4.81. The molecule has 0 radical (unpaired) electrons. The van der Waals surface area contributed by atoms with Gasteiger partial charge in [0.1, 0.15) is 18.2 Å². The van der Waals surface area contributed by atoms with Crippen LogP contribution in [0.3, 0.4) is 0 Å². The summed E-state index contributed by atoms with van der Waals surface area (Å²) in [5, 5.41) is 17.5. The molecule has 3 aliphatic heterocycles. The minimum Gasteiger partial charge on any atom is -0.370 e. The Kier molecular flexibility index (Phi) is 5.94. The first-order chi connectivity index (χ1) is 17.2. The van der Waals surface area contributed by atoms with E-state index in [2.05, 4.69) is 60.5 Å². The molecule has 2 N–H and O–H groups in total. The first kappa shape index (κ1) is 22.2. The maximum absolute atomic E-state index is 9.50. The zero-order valence-corrected chi connectivity index (χ0v) is 19.9. The molecule has 3 aliphatic rings.